The first kappa shape index (κ1) is 20.3. The van der Waals surface area contributed by atoms with Crippen molar-refractivity contribution in [1.82, 2.24) is 0 Å². The summed E-state index contributed by atoms with van der Waals surface area (Å²) in [5.74, 6) is -0.908. The van der Waals surface area contributed by atoms with Crippen molar-refractivity contribution in [2.75, 3.05) is 6.61 Å². The van der Waals surface area contributed by atoms with E-state index in [1.807, 2.05) is 19.9 Å². The van der Waals surface area contributed by atoms with Crippen molar-refractivity contribution in [3.8, 4) is 5.75 Å². The number of benzene rings is 3. The highest BCUT2D eigenvalue weighted by Crippen LogP contribution is 2.21. The molecule has 0 fully saturated rings. The number of hydrogen-bond acceptors (Lipinski definition) is 4. The molecule has 3 aromatic carbocycles. The molecule has 0 spiro atoms. The van der Waals surface area contributed by atoms with E-state index in [4.69, 9.17) is 9.47 Å². The van der Waals surface area contributed by atoms with Crippen molar-refractivity contribution >= 4 is 11.8 Å². The highest BCUT2D eigenvalue weighted by molar-refractivity contribution is 6.00. The Balaban J connectivity index is 1.63. The van der Waals surface area contributed by atoms with E-state index in [0.29, 0.717) is 11.3 Å². The average molecular weight is 392 g/mol. The third-order valence-electron chi connectivity index (χ3n) is 4.58. The van der Waals surface area contributed by atoms with Gasteiger partial charge in [-0.3, -0.25) is 4.79 Å². The fourth-order valence-corrected chi connectivity index (χ4v) is 2.71. The van der Waals surface area contributed by atoms with Crippen LogP contribution in [0.25, 0.3) is 0 Å². The van der Waals surface area contributed by atoms with Gasteiger partial charge in [0.25, 0.3) is 0 Å². The Hall–Kier alpha value is -3.47. The van der Waals surface area contributed by atoms with Gasteiger partial charge >= 0.3 is 5.97 Å². The molecule has 0 radical (unpaired) electrons. The average Bonchev–Trinajstić information content (AvgIpc) is 2.73. The van der Waals surface area contributed by atoms with Crippen LogP contribution >= 0.6 is 0 Å². The van der Waals surface area contributed by atoms with Gasteiger partial charge in [0.05, 0.1) is 0 Å². The van der Waals surface area contributed by atoms with Gasteiger partial charge in [0.1, 0.15) is 23.7 Å². The highest BCUT2D eigenvalue weighted by Gasteiger charge is 2.16. The zero-order valence-electron chi connectivity index (χ0n) is 16.3. The van der Waals surface area contributed by atoms with E-state index in [0.717, 1.165) is 16.7 Å². The second kappa shape index (κ2) is 9.15. The number of carbonyl (C=O) groups is 2. The summed E-state index contributed by atoms with van der Waals surface area (Å²) in [6.45, 7) is 3.71. The van der Waals surface area contributed by atoms with E-state index in [9.17, 15) is 14.0 Å². The number of carbonyl (C=O) groups excluding carboxylic acids is 2. The molecular formula is C24H21FO4. The molecule has 0 amide bonds. The number of halogens is 1. The van der Waals surface area contributed by atoms with Crippen LogP contribution in [0.2, 0.25) is 0 Å². The maximum absolute atomic E-state index is 13.0. The molecule has 0 unspecified atom stereocenters. The lowest BCUT2D eigenvalue weighted by Crippen LogP contribution is -2.15. The zero-order chi connectivity index (χ0) is 20.8. The van der Waals surface area contributed by atoms with Crippen molar-refractivity contribution in [3.05, 3.63) is 100 Å². The molecule has 0 aromatic heterocycles. The van der Waals surface area contributed by atoms with Crippen LogP contribution in [-0.2, 0) is 11.3 Å². The summed E-state index contributed by atoms with van der Waals surface area (Å²) in [6, 6.07) is 17.9. The van der Waals surface area contributed by atoms with Crippen molar-refractivity contribution < 1.29 is 23.5 Å². The van der Waals surface area contributed by atoms with Crippen LogP contribution in [-0.4, -0.2) is 18.4 Å². The van der Waals surface area contributed by atoms with Gasteiger partial charge < -0.3 is 9.47 Å². The third-order valence-corrected chi connectivity index (χ3v) is 4.58. The zero-order valence-corrected chi connectivity index (χ0v) is 16.3. The van der Waals surface area contributed by atoms with Gasteiger partial charge in [-0.15, -0.1) is 0 Å². The van der Waals surface area contributed by atoms with Crippen LogP contribution in [0.1, 0.15) is 37.4 Å². The molecule has 0 aliphatic rings. The van der Waals surface area contributed by atoms with E-state index in [-0.39, 0.29) is 30.4 Å². The van der Waals surface area contributed by atoms with Crippen LogP contribution in [0.4, 0.5) is 4.39 Å². The molecule has 3 aromatic rings. The smallest absolute Gasteiger partial charge is 0.342 e. The molecule has 29 heavy (non-hydrogen) atoms. The van der Waals surface area contributed by atoms with Crippen LogP contribution in [0.5, 0.6) is 5.75 Å². The fourth-order valence-electron chi connectivity index (χ4n) is 2.71. The van der Waals surface area contributed by atoms with E-state index in [2.05, 4.69) is 0 Å². The molecular weight excluding hydrogens is 371 g/mol. The number of ether oxygens (including phenoxy) is 2. The number of aryl methyl sites for hydroxylation is 2. The lowest BCUT2D eigenvalue weighted by molar-refractivity contribution is 0.0470. The molecule has 4 nitrogen and oxygen atoms in total. The summed E-state index contributed by atoms with van der Waals surface area (Å²) >= 11 is 0. The molecule has 3 rings (SSSR count). The number of rotatable bonds is 7. The van der Waals surface area contributed by atoms with Crippen LogP contribution in [0.3, 0.4) is 0 Å². The molecule has 0 bridgehead atoms. The minimum atomic E-state index is -0.642. The number of Topliss-reactive ketones (excluding diaryl/α,β-unsaturated/α-hetero) is 1. The van der Waals surface area contributed by atoms with E-state index < -0.39 is 5.97 Å². The van der Waals surface area contributed by atoms with Crippen molar-refractivity contribution in [1.29, 1.82) is 0 Å². The molecule has 0 heterocycles. The molecule has 0 aliphatic heterocycles. The van der Waals surface area contributed by atoms with Crippen molar-refractivity contribution in [3.63, 3.8) is 0 Å². The third kappa shape index (κ3) is 5.29. The fraction of sp³-hybridized carbons (Fsp3) is 0.167. The van der Waals surface area contributed by atoms with Gasteiger partial charge in [-0.2, -0.15) is 0 Å². The summed E-state index contributed by atoms with van der Waals surface area (Å²) in [7, 11) is 0. The van der Waals surface area contributed by atoms with Gasteiger partial charge in [-0.25, -0.2) is 9.18 Å². The number of ketones is 1. The molecule has 0 N–H and O–H groups in total. The minimum Gasteiger partial charge on any atom is -0.488 e. The Labute approximate surface area is 168 Å². The number of esters is 1. The topological polar surface area (TPSA) is 52.6 Å². The monoisotopic (exact) mass is 392 g/mol. The van der Waals surface area contributed by atoms with Crippen LogP contribution < -0.4 is 4.74 Å². The second-order valence-electron chi connectivity index (χ2n) is 6.71. The first-order valence-electron chi connectivity index (χ1n) is 9.18. The van der Waals surface area contributed by atoms with Gasteiger partial charge in [0.2, 0.25) is 0 Å². The minimum absolute atomic E-state index is 0.173. The van der Waals surface area contributed by atoms with Gasteiger partial charge in [0, 0.05) is 5.56 Å². The Kier molecular flexibility index (Phi) is 6.39. The number of para-hydroxylation sites is 1. The van der Waals surface area contributed by atoms with E-state index >= 15 is 0 Å². The number of hydrogen-bond donors (Lipinski definition) is 0. The van der Waals surface area contributed by atoms with Gasteiger partial charge in [-0.05, 0) is 60.9 Å². The molecule has 0 saturated heterocycles. The van der Waals surface area contributed by atoms with E-state index in [1.165, 1.54) is 12.1 Å². The summed E-state index contributed by atoms with van der Waals surface area (Å²) in [4.78, 5) is 24.8. The Morgan fingerprint density at radius 1 is 0.897 bits per heavy atom. The summed E-state index contributed by atoms with van der Waals surface area (Å²) in [6.07, 6.45) is 0. The molecule has 0 saturated carbocycles. The Bertz CT molecular complexity index is 1030. The van der Waals surface area contributed by atoms with Crippen LogP contribution in [0, 0.1) is 19.7 Å². The van der Waals surface area contributed by atoms with Crippen LogP contribution in [0.15, 0.2) is 66.7 Å². The first-order valence-corrected chi connectivity index (χ1v) is 9.18. The summed E-state index contributed by atoms with van der Waals surface area (Å²) in [5, 5.41) is 0. The standard InChI is InChI=1S/C24H21FO4/c1-16-7-10-19(13-17(16)2)22(26)15-29-24(27)21-5-3-4-6-23(21)28-14-18-8-11-20(25)12-9-18/h3-13H,14-15H2,1-2H3. The van der Waals surface area contributed by atoms with Gasteiger partial charge in [-0.1, -0.05) is 36.4 Å². The lowest BCUT2D eigenvalue weighted by atomic mass is 10.0. The largest absolute Gasteiger partial charge is 0.488 e. The first-order chi connectivity index (χ1) is 13.9. The lowest BCUT2D eigenvalue weighted by Gasteiger charge is -2.11. The predicted molar refractivity (Wildman–Crippen MR) is 108 cm³/mol. The Morgan fingerprint density at radius 3 is 2.34 bits per heavy atom. The maximum atomic E-state index is 13.0. The normalized spacial score (nSPS) is 10.4. The summed E-state index contributed by atoms with van der Waals surface area (Å²) in [5.41, 5.74) is 3.58. The molecule has 0 aliphatic carbocycles. The molecule has 148 valence electrons. The predicted octanol–water partition coefficient (Wildman–Crippen LogP) is 5.06. The maximum Gasteiger partial charge on any atom is 0.342 e. The second-order valence-corrected chi connectivity index (χ2v) is 6.71. The quantitative estimate of drug-likeness (QED) is 0.417. The van der Waals surface area contributed by atoms with Gasteiger partial charge in [0.15, 0.2) is 12.4 Å². The molecule has 5 heteroatoms. The van der Waals surface area contributed by atoms with Crippen molar-refractivity contribution in [2.24, 2.45) is 0 Å². The highest BCUT2D eigenvalue weighted by atomic mass is 19.1. The SMILES string of the molecule is Cc1ccc(C(=O)COC(=O)c2ccccc2OCc2ccc(F)cc2)cc1C. The Morgan fingerprint density at radius 2 is 1.62 bits per heavy atom. The van der Waals surface area contributed by atoms with E-state index in [1.54, 1.807) is 48.5 Å². The summed E-state index contributed by atoms with van der Waals surface area (Å²) < 4.78 is 23.9. The van der Waals surface area contributed by atoms with Crippen molar-refractivity contribution in [2.45, 2.75) is 20.5 Å². The molecule has 0 atom stereocenters.